The van der Waals surface area contributed by atoms with Gasteiger partial charge in [-0.2, -0.15) is 0 Å². The third-order valence-corrected chi connectivity index (χ3v) is 6.45. The molecule has 0 aliphatic heterocycles. The van der Waals surface area contributed by atoms with Gasteiger partial charge >= 0.3 is 0 Å². The normalized spacial score (nSPS) is 34.8. The topological polar surface area (TPSA) is 18.5 Å². The molecule has 2 rings (SSSR count). The summed E-state index contributed by atoms with van der Waals surface area (Å²) in [5.41, 5.74) is 0. The van der Waals surface area contributed by atoms with Gasteiger partial charge in [0.05, 0.1) is 12.2 Å². The van der Waals surface area contributed by atoms with Crippen LogP contribution in [0.25, 0.3) is 0 Å². The Morgan fingerprint density at radius 3 is 1.86 bits per heavy atom. The molecule has 2 nitrogen and oxygen atoms in total. The van der Waals surface area contributed by atoms with Crippen molar-refractivity contribution in [3.8, 4) is 0 Å². The van der Waals surface area contributed by atoms with E-state index in [1.165, 1.54) is 57.8 Å². The van der Waals surface area contributed by atoms with Gasteiger partial charge in [0.25, 0.3) is 0 Å². The van der Waals surface area contributed by atoms with Gasteiger partial charge < -0.3 is 9.47 Å². The summed E-state index contributed by atoms with van der Waals surface area (Å²) in [5, 5.41) is 0. The van der Waals surface area contributed by atoms with Crippen LogP contribution >= 0.6 is 0 Å². The second kappa shape index (κ2) is 9.27. The number of hydrogen-bond donors (Lipinski definition) is 0. The number of methoxy groups -OCH3 is 1. The summed E-state index contributed by atoms with van der Waals surface area (Å²) in [6.45, 7) is 8.14. The van der Waals surface area contributed by atoms with Crippen molar-refractivity contribution in [1.29, 1.82) is 0 Å². The Bertz CT molecular complexity index is 286. The highest BCUT2D eigenvalue weighted by atomic mass is 16.5. The molecule has 0 radical (unpaired) electrons. The molecule has 130 valence electrons. The minimum Gasteiger partial charge on any atom is -0.381 e. The van der Waals surface area contributed by atoms with E-state index >= 15 is 0 Å². The van der Waals surface area contributed by atoms with Crippen LogP contribution in [-0.2, 0) is 9.47 Å². The molecule has 0 saturated heterocycles. The third-order valence-electron chi connectivity index (χ3n) is 6.45. The van der Waals surface area contributed by atoms with Gasteiger partial charge in [-0.25, -0.2) is 0 Å². The van der Waals surface area contributed by atoms with E-state index in [9.17, 15) is 0 Å². The molecular weight excluding hydrogens is 272 g/mol. The predicted octanol–water partition coefficient (Wildman–Crippen LogP) is 5.45. The van der Waals surface area contributed by atoms with E-state index in [0.29, 0.717) is 12.2 Å². The van der Waals surface area contributed by atoms with Crippen LogP contribution in [0.5, 0.6) is 0 Å². The van der Waals surface area contributed by atoms with Crippen LogP contribution in [0.2, 0.25) is 0 Å². The van der Waals surface area contributed by atoms with Gasteiger partial charge in [0.1, 0.15) is 0 Å². The molecule has 2 saturated carbocycles. The lowest BCUT2D eigenvalue weighted by atomic mass is 9.78. The van der Waals surface area contributed by atoms with Crippen molar-refractivity contribution in [3.63, 3.8) is 0 Å². The summed E-state index contributed by atoms with van der Waals surface area (Å²) < 4.78 is 11.7. The minimum atomic E-state index is 0.524. The van der Waals surface area contributed by atoms with Gasteiger partial charge in [0.2, 0.25) is 0 Å². The SMILES string of the molecule is COC1CCC(C(C)CCOC2CCC(C(C)C)CC2)CC1. The molecule has 0 amide bonds. The zero-order chi connectivity index (χ0) is 15.9. The summed E-state index contributed by atoms with van der Waals surface area (Å²) in [6, 6.07) is 0. The van der Waals surface area contributed by atoms with Gasteiger partial charge in [0, 0.05) is 13.7 Å². The highest BCUT2D eigenvalue weighted by molar-refractivity contribution is 4.77. The maximum absolute atomic E-state index is 6.19. The van der Waals surface area contributed by atoms with Crippen LogP contribution in [0, 0.1) is 23.7 Å². The average Bonchev–Trinajstić information content (AvgIpc) is 2.55. The molecule has 22 heavy (non-hydrogen) atoms. The van der Waals surface area contributed by atoms with Crippen LogP contribution < -0.4 is 0 Å². The minimum absolute atomic E-state index is 0.524. The Hall–Kier alpha value is -0.0800. The molecule has 1 atom stereocenters. The largest absolute Gasteiger partial charge is 0.381 e. The smallest absolute Gasteiger partial charge is 0.0575 e. The standard InChI is InChI=1S/C20H38O2/c1-15(2)17-5-11-20(12-6-17)22-14-13-16(3)18-7-9-19(21-4)10-8-18/h15-20H,5-14H2,1-4H3. The summed E-state index contributed by atoms with van der Waals surface area (Å²) >= 11 is 0. The lowest BCUT2D eigenvalue weighted by Crippen LogP contribution is -2.27. The molecule has 0 N–H and O–H groups in total. The van der Waals surface area contributed by atoms with E-state index in [1.54, 1.807) is 0 Å². The highest BCUT2D eigenvalue weighted by Crippen LogP contribution is 2.34. The van der Waals surface area contributed by atoms with Crippen molar-refractivity contribution in [2.75, 3.05) is 13.7 Å². The molecule has 0 aromatic carbocycles. The molecule has 2 aliphatic rings. The fourth-order valence-electron chi connectivity index (χ4n) is 4.47. The Morgan fingerprint density at radius 2 is 1.32 bits per heavy atom. The Balaban J connectivity index is 1.57. The monoisotopic (exact) mass is 310 g/mol. The van der Waals surface area contributed by atoms with E-state index in [0.717, 1.165) is 30.3 Å². The average molecular weight is 311 g/mol. The second-order valence-corrected chi connectivity index (χ2v) is 8.19. The third kappa shape index (κ3) is 5.53. The van der Waals surface area contributed by atoms with Gasteiger partial charge in [-0.3, -0.25) is 0 Å². The van der Waals surface area contributed by atoms with Gasteiger partial charge in [-0.1, -0.05) is 20.8 Å². The van der Waals surface area contributed by atoms with Crippen molar-refractivity contribution in [2.24, 2.45) is 23.7 Å². The molecule has 0 spiro atoms. The lowest BCUT2D eigenvalue weighted by molar-refractivity contribution is 0.000204. The maximum atomic E-state index is 6.19. The van der Waals surface area contributed by atoms with Crippen LogP contribution in [-0.4, -0.2) is 25.9 Å². The molecule has 2 heteroatoms. The Kier molecular flexibility index (Phi) is 7.70. The van der Waals surface area contributed by atoms with E-state index in [4.69, 9.17) is 9.47 Å². The molecule has 0 heterocycles. The van der Waals surface area contributed by atoms with Crippen molar-refractivity contribution in [2.45, 2.75) is 90.8 Å². The van der Waals surface area contributed by atoms with Crippen molar-refractivity contribution < 1.29 is 9.47 Å². The first-order chi connectivity index (χ1) is 10.6. The fourth-order valence-corrected chi connectivity index (χ4v) is 4.47. The number of hydrogen-bond acceptors (Lipinski definition) is 2. The van der Waals surface area contributed by atoms with Gasteiger partial charge in [-0.05, 0) is 81.5 Å². The fraction of sp³-hybridized carbons (Fsp3) is 1.00. The number of rotatable bonds is 7. The first-order valence-electron chi connectivity index (χ1n) is 9.74. The highest BCUT2D eigenvalue weighted by Gasteiger charge is 2.26. The molecule has 0 aromatic rings. The first kappa shape index (κ1) is 18.3. The van der Waals surface area contributed by atoms with Gasteiger partial charge in [0.15, 0.2) is 0 Å². The Labute approximate surface area is 138 Å². The van der Waals surface area contributed by atoms with Crippen LogP contribution in [0.15, 0.2) is 0 Å². The maximum Gasteiger partial charge on any atom is 0.0575 e. The zero-order valence-electron chi connectivity index (χ0n) is 15.4. The van der Waals surface area contributed by atoms with Crippen LogP contribution in [0.4, 0.5) is 0 Å². The van der Waals surface area contributed by atoms with E-state index in [2.05, 4.69) is 20.8 Å². The zero-order valence-corrected chi connectivity index (χ0v) is 15.4. The Morgan fingerprint density at radius 1 is 0.773 bits per heavy atom. The molecule has 2 aliphatic carbocycles. The van der Waals surface area contributed by atoms with Crippen molar-refractivity contribution in [3.05, 3.63) is 0 Å². The quantitative estimate of drug-likeness (QED) is 0.622. The molecule has 2 fully saturated rings. The van der Waals surface area contributed by atoms with Crippen molar-refractivity contribution >= 4 is 0 Å². The summed E-state index contributed by atoms with van der Waals surface area (Å²) in [5.74, 6) is 3.49. The molecule has 0 aromatic heterocycles. The number of ether oxygens (including phenoxy) is 2. The molecule has 0 bridgehead atoms. The van der Waals surface area contributed by atoms with Crippen LogP contribution in [0.1, 0.15) is 78.6 Å². The van der Waals surface area contributed by atoms with Crippen molar-refractivity contribution in [1.82, 2.24) is 0 Å². The van der Waals surface area contributed by atoms with Gasteiger partial charge in [-0.15, -0.1) is 0 Å². The predicted molar refractivity (Wildman–Crippen MR) is 93.1 cm³/mol. The summed E-state index contributed by atoms with van der Waals surface area (Å²) in [4.78, 5) is 0. The summed E-state index contributed by atoms with van der Waals surface area (Å²) in [7, 11) is 1.86. The second-order valence-electron chi connectivity index (χ2n) is 8.19. The lowest BCUT2D eigenvalue weighted by Gasteiger charge is -2.33. The van der Waals surface area contributed by atoms with E-state index in [1.807, 2.05) is 7.11 Å². The van der Waals surface area contributed by atoms with Crippen LogP contribution in [0.3, 0.4) is 0 Å². The first-order valence-corrected chi connectivity index (χ1v) is 9.74. The van der Waals surface area contributed by atoms with E-state index in [-0.39, 0.29) is 0 Å². The summed E-state index contributed by atoms with van der Waals surface area (Å²) in [6.07, 6.45) is 12.8. The molecule has 1 unspecified atom stereocenters. The molecular formula is C20H38O2. The van der Waals surface area contributed by atoms with E-state index < -0.39 is 0 Å².